The molecule has 0 fully saturated rings. The van der Waals surface area contributed by atoms with Crippen molar-refractivity contribution in [1.29, 1.82) is 0 Å². The Morgan fingerprint density at radius 1 is 1.00 bits per heavy atom. The second kappa shape index (κ2) is 8.61. The summed E-state index contributed by atoms with van der Waals surface area (Å²) in [5.74, 6) is 0.00136. The van der Waals surface area contributed by atoms with Crippen LogP contribution in [0.4, 0.5) is 0 Å². The van der Waals surface area contributed by atoms with Gasteiger partial charge in [0.1, 0.15) is 6.10 Å². The van der Waals surface area contributed by atoms with E-state index in [1.807, 2.05) is 74.5 Å². The van der Waals surface area contributed by atoms with Gasteiger partial charge in [-0.05, 0) is 17.0 Å². The summed E-state index contributed by atoms with van der Waals surface area (Å²) in [7, 11) is 0. The molecule has 2 aromatic carbocycles. The van der Waals surface area contributed by atoms with Crippen molar-refractivity contribution in [3.63, 3.8) is 0 Å². The zero-order valence-corrected chi connectivity index (χ0v) is 13.7. The Labute approximate surface area is 137 Å². The zero-order chi connectivity index (χ0) is 16.7. The lowest BCUT2D eigenvalue weighted by atomic mass is 9.96. The number of ether oxygens (including phenoxy) is 1. The number of Topliss-reactive ketones (excluding diaryl/α,β-unsaturated/α-hetero) is 1. The van der Waals surface area contributed by atoms with Gasteiger partial charge in [-0.1, -0.05) is 74.5 Å². The summed E-state index contributed by atoms with van der Waals surface area (Å²) < 4.78 is 5.83. The van der Waals surface area contributed by atoms with Crippen LogP contribution in [0.25, 0.3) is 0 Å². The Bertz CT molecular complexity index is 593. The van der Waals surface area contributed by atoms with Crippen LogP contribution in [0.5, 0.6) is 0 Å². The third kappa shape index (κ3) is 5.31. The Morgan fingerprint density at radius 2 is 1.57 bits per heavy atom. The summed E-state index contributed by atoms with van der Waals surface area (Å²) in [4.78, 5) is 12.5. The summed E-state index contributed by atoms with van der Waals surface area (Å²) in [5, 5.41) is 10.2. The SMILES string of the molecule is CC(C)[C@H](OCc1ccccc1)C(=O)C[C@H](O)c1ccccc1. The fraction of sp³-hybridized carbons (Fsp3) is 0.350. The monoisotopic (exact) mass is 312 g/mol. The number of carbonyl (C=O) groups is 1. The molecule has 23 heavy (non-hydrogen) atoms. The summed E-state index contributed by atoms with van der Waals surface area (Å²) >= 11 is 0. The summed E-state index contributed by atoms with van der Waals surface area (Å²) in [6.07, 6.45) is -1.22. The number of ketones is 1. The minimum atomic E-state index is -0.787. The topological polar surface area (TPSA) is 46.5 Å². The van der Waals surface area contributed by atoms with Gasteiger partial charge in [-0.25, -0.2) is 0 Å². The van der Waals surface area contributed by atoms with Gasteiger partial charge in [0.05, 0.1) is 12.7 Å². The minimum Gasteiger partial charge on any atom is -0.388 e. The van der Waals surface area contributed by atoms with E-state index < -0.39 is 12.2 Å². The molecule has 0 bridgehead atoms. The first-order valence-corrected chi connectivity index (χ1v) is 7.99. The number of aliphatic hydroxyl groups excluding tert-OH is 1. The molecule has 0 aliphatic carbocycles. The molecular weight excluding hydrogens is 288 g/mol. The quantitative estimate of drug-likeness (QED) is 0.803. The first-order chi connectivity index (χ1) is 11.1. The van der Waals surface area contributed by atoms with E-state index in [4.69, 9.17) is 4.74 Å². The standard InChI is InChI=1S/C20H24O3/c1-15(2)20(23-14-16-9-5-3-6-10-16)19(22)13-18(21)17-11-7-4-8-12-17/h3-12,15,18,20-21H,13-14H2,1-2H3/t18-,20-/m0/s1. The highest BCUT2D eigenvalue weighted by Crippen LogP contribution is 2.21. The molecule has 0 spiro atoms. The van der Waals surface area contributed by atoms with E-state index in [1.165, 1.54) is 0 Å². The van der Waals surface area contributed by atoms with Gasteiger partial charge >= 0.3 is 0 Å². The van der Waals surface area contributed by atoms with Crippen LogP contribution >= 0.6 is 0 Å². The van der Waals surface area contributed by atoms with E-state index in [0.29, 0.717) is 6.61 Å². The maximum absolute atomic E-state index is 12.5. The Morgan fingerprint density at radius 3 is 2.13 bits per heavy atom. The van der Waals surface area contributed by atoms with Crippen LogP contribution in [-0.4, -0.2) is 17.0 Å². The molecule has 3 nitrogen and oxygen atoms in total. The molecule has 2 atom stereocenters. The average Bonchev–Trinajstić information content (AvgIpc) is 2.56. The minimum absolute atomic E-state index is 0.0627. The van der Waals surface area contributed by atoms with Gasteiger partial charge in [-0.3, -0.25) is 4.79 Å². The zero-order valence-electron chi connectivity index (χ0n) is 13.7. The summed E-state index contributed by atoms with van der Waals surface area (Å²) in [6.45, 7) is 4.32. The van der Waals surface area contributed by atoms with E-state index in [2.05, 4.69) is 0 Å². The second-order valence-corrected chi connectivity index (χ2v) is 6.06. The van der Waals surface area contributed by atoms with Crippen LogP contribution < -0.4 is 0 Å². The van der Waals surface area contributed by atoms with Crippen molar-refractivity contribution < 1.29 is 14.6 Å². The van der Waals surface area contributed by atoms with Crippen molar-refractivity contribution >= 4 is 5.78 Å². The number of carbonyl (C=O) groups excluding carboxylic acids is 1. The van der Waals surface area contributed by atoms with Gasteiger partial charge < -0.3 is 9.84 Å². The van der Waals surface area contributed by atoms with Crippen LogP contribution in [0, 0.1) is 5.92 Å². The lowest BCUT2D eigenvalue weighted by Crippen LogP contribution is -2.30. The van der Waals surface area contributed by atoms with Crippen LogP contribution in [0.15, 0.2) is 60.7 Å². The molecule has 0 saturated heterocycles. The van der Waals surface area contributed by atoms with Gasteiger partial charge in [0, 0.05) is 6.42 Å². The van der Waals surface area contributed by atoms with Gasteiger partial charge in [0.2, 0.25) is 0 Å². The molecule has 0 aliphatic heterocycles. The molecule has 0 heterocycles. The highest BCUT2D eigenvalue weighted by molar-refractivity contribution is 5.83. The van der Waals surface area contributed by atoms with Crippen LogP contribution in [0.2, 0.25) is 0 Å². The van der Waals surface area contributed by atoms with E-state index in [-0.39, 0.29) is 18.1 Å². The maximum atomic E-state index is 12.5. The third-order valence-electron chi connectivity index (χ3n) is 3.77. The van der Waals surface area contributed by atoms with E-state index in [0.717, 1.165) is 11.1 Å². The molecule has 1 N–H and O–H groups in total. The number of aliphatic hydroxyl groups is 1. The molecule has 0 amide bonds. The molecule has 2 aromatic rings. The van der Waals surface area contributed by atoms with Crippen molar-refractivity contribution in [2.24, 2.45) is 5.92 Å². The molecule has 122 valence electrons. The number of benzene rings is 2. The molecule has 0 radical (unpaired) electrons. The molecule has 3 heteroatoms. The normalized spacial score (nSPS) is 13.7. The number of hydrogen-bond acceptors (Lipinski definition) is 3. The number of hydrogen-bond donors (Lipinski definition) is 1. The third-order valence-corrected chi connectivity index (χ3v) is 3.77. The van der Waals surface area contributed by atoms with Crippen molar-refractivity contribution in [3.8, 4) is 0 Å². The van der Waals surface area contributed by atoms with E-state index >= 15 is 0 Å². The van der Waals surface area contributed by atoms with E-state index in [1.54, 1.807) is 0 Å². The molecular formula is C20H24O3. The predicted molar refractivity (Wildman–Crippen MR) is 90.9 cm³/mol. The summed E-state index contributed by atoms with van der Waals surface area (Å²) in [6, 6.07) is 19.0. The lowest BCUT2D eigenvalue weighted by molar-refractivity contribution is -0.136. The molecule has 0 saturated carbocycles. The first-order valence-electron chi connectivity index (χ1n) is 7.99. The Kier molecular flexibility index (Phi) is 6.51. The molecule has 0 aliphatic rings. The average molecular weight is 312 g/mol. The Hall–Kier alpha value is -1.97. The summed E-state index contributed by atoms with van der Waals surface area (Å²) in [5.41, 5.74) is 1.79. The van der Waals surface area contributed by atoms with Crippen molar-refractivity contribution in [3.05, 3.63) is 71.8 Å². The molecule has 0 unspecified atom stereocenters. The van der Waals surface area contributed by atoms with E-state index in [9.17, 15) is 9.90 Å². The van der Waals surface area contributed by atoms with Crippen LogP contribution in [-0.2, 0) is 16.1 Å². The fourth-order valence-corrected chi connectivity index (χ4v) is 2.52. The molecule has 0 aromatic heterocycles. The van der Waals surface area contributed by atoms with Crippen molar-refractivity contribution in [2.45, 2.75) is 39.1 Å². The largest absolute Gasteiger partial charge is 0.388 e. The number of rotatable bonds is 8. The molecule has 2 rings (SSSR count). The highest BCUT2D eigenvalue weighted by atomic mass is 16.5. The fourth-order valence-electron chi connectivity index (χ4n) is 2.52. The van der Waals surface area contributed by atoms with Crippen LogP contribution in [0.1, 0.15) is 37.5 Å². The van der Waals surface area contributed by atoms with Crippen molar-refractivity contribution in [1.82, 2.24) is 0 Å². The smallest absolute Gasteiger partial charge is 0.164 e. The van der Waals surface area contributed by atoms with Crippen molar-refractivity contribution in [2.75, 3.05) is 0 Å². The first kappa shape index (κ1) is 17.4. The second-order valence-electron chi connectivity index (χ2n) is 6.06. The maximum Gasteiger partial charge on any atom is 0.164 e. The van der Waals surface area contributed by atoms with Gasteiger partial charge in [-0.2, -0.15) is 0 Å². The lowest BCUT2D eigenvalue weighted by Gasteiger charge is -2.22. The Balaban J connectivity index is 1.95. The van der Waals surface area contributed by atoms with Gasteiger partial charge in [-0.15, -0.1) is 0 Å². The van der Waals surface area contributed by atoms with Gasteiger partial charge in [0.15, 0.2) is 5.78 Å². The predicted octanol–water partition coefficient (Wildman–Crippen LogP) is 3.92. The van der Waals surface area contributed by atoms with Gasteiger partial charge in [0.25, 0.3) is 0 Å². The highest BCUT2D eigenvalue weighted by Gasteiger charge is 2.25. The van der Waals surface area contributed by atoms with Crippen LogP contribution in [0.3, 0.4) is 0 Å².